The maximum Gasteiger partial charge on any atom is 0.240 e. The van der Waals surface area contributed by atoms with Gasteiger partial charge in [0, 0.05) is 24.5 Å². The molecule has 8 heteroatoms. The van der Waals surface area contributed by atoms with Gasteiger partial charge in [-0.05, 0) is 24.7 Å². The van der Waals surface area contributed by atoms with Crippen LogP contribution in [0.4, 0.5) is 5.13 Å². The van der Waals surface area contributed by atoms with Crippen molar-refractivity contribution in [1.82, 2.24) is 14.1 Å². The molecule has 2 rings (SSSR count). The molecule has 108 valence electrons. The Bertz CT molecular complexity index is 665. The van der Waals surface area contributed by atoms with E-state index in [4.69, 9.17) is 0 Å². The van der Waals surface area contributed by atoms with Crippen LogP contribution in [0.15, 0.2) is 29.2 Å². The topological polar surface area (TPSA) is 84.0 Å². The minimum Gasteiger partial charge on any atom is -0.356 e. The SMILES string of the molecule is CCc1nsc(NCc2ccc(S(=O)(=O)NC)cc2)n1. The molecule has 2 N–H and O–H groups in total. The third-order valence-corrected chi connectivity index (χ3v) is 4.87. The van der Waals surface area contributed by atoms with Crippen LogP contribution in [-0.2, 0) is 23.0 Å². The van der Waals surface area contributed by atoms with E-state index in [0.29, 0.717) is 6.54 Å². The molecular formula is C12H16N4O2S2. The van der Waals surface area contributed by atoms with Crippen LogP contribution in [0.5, 0.6) is 0 Å². The van der Waals surface area contributed by atoms with Crippen molar-refractivity contribution >= 4 is 26.7 Å². The van der Waals surface area contributed by atoms with E-state index >= 15 is 0 Å². The summed E-state index contributed by atoms with van der Waals surface area (Å²) in [5, 5.41) is 3.94. The highest BCUT2D eigenvalue weighted by atomic mass is 32.2. The second-order valence-electron chi connectivity index (χ2n) is 4.07. The van der Waals surface area contributed by atoms with Crippen molar-refractivity contribution in [2.45, 2.75) is 24.8 Å². The van der Waals surface area contributed by atoms with Gasteiger partial charge >= 0.3 is 0 Å². The number of hydrogen-bond acceptors (Lipinski definition) is 6. The number of sulfonamides is 1. The van der Waals surface area contributed by atoms with Gasteiger partial charge in [0.05, 0.1) is 4.90 Å². The maximum absolute atomic E-state index is 11.6. The van der Waals surface area contributed by atoms with Gasteiger partial charge in [-0.25, -0.2) is 18.1 Å². The lowest BCUT2D eigenvalue weighted by Gasteiger charge is -2.05. The van der Waals surface area contributed by atoms with Gasteiger partial charge in [0.25, 0.3) is 0 Å². The highest BCUT2D eigenvalue weighted by molar-refractivity contribution is 7.89. The molecule has 0 saturated heterocycles. The number of aryl methyl sites for hydroxylation is 1. The van der Waals surface area contributed by atoms with Crippen LogP contribution in [0.25, 0.3) is 0 Å². The largest absolute Gasteiger partial charge is 0.356 e. The molecule has 0 atom stereocenters. The molecule has 1 heterocycles. The summed E-state index contributed by atoms with van der Waals surface area (Å²) in [5.74, 6) is 0.827. The molecule has 0 spiro atoms. The summed E-state index contributed by atoms with van der Waals surface area (Å²) in [6.07, 6.45) is 0.814. The van der Waals surface area contributed by atoms with E-state index in [9.17, 15) is 8.42 Å². The summed E-state index contributed by atoms with van der Waals surface area (Å²) >= 11 is 1.33. The van der Waals surface area contributed by atoms with Crippen LogP contribution >= 0.6 is 11.5 Å². The number of nitrogens with one attached hydrogen (secondary N) is 2. The molecule has 0 radical (unpaired) electrons. The molecule has 6 nitrogen and oxygen atoms in total. The van der Waals surface area contributed by atoms with Gasteiger partial charge in [0.15, 0.2) is 0 Å². The van der Waals surface area contributed by atoms with Crippen molar-refractivity contribution < 1.29 is 8.42 Å². The summed E-state index contributed by atoms with van der Waals surface area (Å²) in [6, 6.07) is 6.72. The van der Waals surface area contributed by atoms with Crippen LogP contribution < -0.4 is 10.0 Å². The highest BCUT2D eigenvalue weighted by Crippen LogP contribution is 2.14. The summed E-state index contributed by atoms with van der Waals surface area (Å²) in [7, 11) is -1.98. The fraction of sp³-hybridized carbons (Fsp3) is 0.333. The lowest BCUT2D eigenvalue weighted by molar-refractivity contribution is 0.588. The lowest BCUT2D eigenvalue weighted by Crippen LogP contribution is -2.18. The first kappa shape index (κ1) is 14.9. The first-order chi connectivity index (χ1) is 9.55. The van der Waals surface area contributed by atoms with E-state index in [1.165, 1.54) is 18.6 Å². The average molecular weight is 312 g/mol. The van der Waals surface area contributed by atoms with Gasteiger partial charge in [-0.2, -0.15) is 4.37 Å². The zero-order valence-electron chi connectivity index (χ0n) is 11.3. The molecule has 0 aliphatic heterocycles. The normalized spacial score (nSPS) is 11.5. The van der Waals surface area contributed by atoms with Crippen molar-refractivity contribution in [3.63, 3.8) is 0 Å². The van der Waals surface area contributed by atoms with Gasteiger partial charge < -0.3 is 5.32 Å². The van der Waals surface area contributed by atoms with E-state index in [1.54, 1.807) is 24.3 Å². The fourth-order valence-corrected chi connectivity index (χ4v) is 2.93. The molecule has 1 aromatic carbocycles. The van der Waals surface area contributed by atoms with E-state index in [2.05, 4.69) is 19.4 Å². The average Bonchev–Trinajstić information content (AvgIpc) is 2.93. The first-order valence-corrected chi connectivity index (χ1v) is 8.39. The first-order valence-electron chi connectivity index (χ1n) is 6.14. The van der Waals surface area contributed by atoms with Crippen molar-refractivity contribution in [2.24, 2.45) is 0 Å². The van der Waals surface area contributed by atoms with Crippen molar-refractivity contribution in [3.05, 3.63) is 35.7 Å². The number of rotatable bonds is 6. The van der Waals surface area contributed by atoms with Gasteiger partial charge in [-0.3, -0.25) is 0 Å². The molecule has 0 unspecified atom stereocenters. The second-order valence-corrected chi connectivity index (χ2v) is 6.71. The maximum atomic E-state index is 11.6. The van der Waals surface area contributed by atoms with Gasteiger partial charge in [-0.15, -0.1) is 0 Å². The van der Waals surface area contributed by atoms with Gasteiger partial charge in [-0.1, -0.05) is 19.1 Å². The van der Waals surface area contributed by atoms with E-state index in [-0.39, 0.29) is 4.90 Å². The molecule has 0 bridgehead atoms. The Morgan fingerprint density at radius 1 is 1.25 bits per heavy atom. The standard InChI is InChI=1S/C12H16N4O2S2/c1-3-11-15-12(19-16-11)14-8-9-4-6-10(7-5-9)20(17,18)13-2/h4-7,13H,3,8H2,1-2H3,(H,14,15,16). The van der Waals surface area contributed by atoms with E-state index < -0.39 is 10.0 Å². The highest BCUT2D eigenvalue weighted by Gasteiger charge is 2.10. The van der Waals surface area contributed by atoms with Gasteiger partial charge in [0.1, 0.15) is 5.82 Å². The predicted molar refractivity (Wildman–Crippen MR) is 79.3 cm³/mol. The Labute approximate surface area is 122 Å². The monoisotopic (exact) mass is 312 g/mol. The Morgan fingerprint density at radius 3 is 2.50 bits per heavy atom. The number of hydrogen-bond donors (Lipinski definition) is 2. The molecular weight excluding hydrogens is 296 g/mol. The summed E-state index contributed by atoms with van der Waals surface area (Å²) in [6.45, 7) is 2.59. The lowest BCUT2D eigenvalue weighted by atomic mass is 10.2. The molecule has 0 amide bonds. The van der Waals surface area contributed by atoms with Crippen molar-refractivity contribution in [2.75, 3.05) is 12.4 Å². The predicted octanol–water partition coefficient (Wildman–Crippen LogP) is 1.62. The van der Waals surface area contributed by atoms with Crippen LogP contribution in [0.3, 0.4) is 0 Å². The number of aromatic nitrogens is 2. The zero-order valence-corrected chi connectivity index (χ0v) is 12.9. The van der Waals surface area contributed by atoms with Crippen LogP contribution in [0, 0.1) is 0 Å². The molecule has 0 aliphatic carbocycles. The van der Waals surface area contributed by atoms with Crippen LogP contribution in [0.2, 0.25) is 0 Å². The number of nitrogens with zero attached hydrogens (tertiary/aromatic N) is 2. The van der Waals surface area contributed by atoms with Crippen molar-refractivity contribution in [3.8, 4) is 0 Å². The Kier molecular flexibility index (Phi) is 4.69. The Balaban J connectivity index is 2.00. The van der Waals surface area contributed by atoms with Crippen LogP contribution in [-0.4, -0.2) is 24.8 Å². The van der Waals surface area contributed by atoms with E-state index in [1.807, 2.05) is 6.92 Å². The second kappa shape index (κ2) is 6.29. The number of anilines is 1. The third kappa shape index (κ3) is 3.53. The summed E-state index contributed by atoms with van der Waals surface area (Å²) in [5.41, 5.74) is 0.980. The van der Waals surface area contributed by atoms with Crippen LogP contribution in [0.1, 0.15) is 18.3 Å². The molecule has 0 saturated carbocycles. The Morgan fingerprint density at radius 2 is 1.95 bits per heavy atom. The summed E-state index contributed by atoms with van der Waals surface area (Å²) in [4.78, 5) is 4.56. The van der Waals surface area contributed by atoms with Crippen molar-refractivity contribution in [1.29, 1.82) is 0 Å². The zero-order chi connectivity index (χ0) is 14.6. The molecule has 0 fully saturated rings. The van der Waals surface area contributed by atoms with E-state index in [0.717, 1.165) is 22.9 Å². The molecule has 2 aromatic rings. The molecule has 0 aliphatic rings. The smallest absolute Gasteiger partial charge is 0.240 e. The third-order valence-electron chi connectivity index (χ3n) is 2.73. The quantitative estimate of drug-likeness (QED) is 0.847. The molecule has 1 aromatic heterocycles. The van der Waals surface area contributed by atoms with Gasteiger partial charge in [0.2, 0.25) is 15.2 Å². The fourth-order valence-electron chi connectivity index (χ4n) is 1.55. The Hall–Kier alpha value is -1.51. The number of benzene rings is 1. The minimum absolute atomic E-state index is 0.257. The molecule has 20 heavy (non-hydrogen) atoms. The summed E-state index contributed by atoms with van der Waals surface area (Å²) < 4.78 is 29.6. The minimum atomic E-state index is -3.37.